The summed E-state index contributed by atoms with van der Waals surface area (Å²) < 4.78 is 6.49. The van der Waals surface area contributed by atoms with Crippen molar-refractivity contribution in [3.8, 4) is 5.75 Å². The Kier molecular flexibility index (Phi) is 2.69. The van der Waals surface area contributed by atoms with Gasteiger partial charge in [0.15, 0.2) is 0 Å². The van der Waals surface area contributed by atoms with E-state index in [4.69, 9.17) is 9.84 Å². The maximum Gasteiger partial charge on any atom is 0.348 e. The Hall–Kier alpha value is -1.03. The minimum atomic E-state index is -0.978. The highest BCUT2D eigenvalue weighted by molar-refractivity contribution is 9.10. The fraction of sp³-hybridized carbons (Fsp3) is 0.364. The number of halogens is 1. The summed E-state index contributed by atoms with van der Waals surface area (Å²) >= 11 is 3.31. The minimum Gasteiger partial charge on any atom is -0.478 e. The maximum absolute atomic E-state index is 11.0. The third kappa shape index (κ3) is 2.00. The zero-order valence-corrected chi connectivity index (χ0v) is 9.66. The predicted molar refractivity (Wildman–Crippen MR) is 59.0 cm³/mol. The number of rotatable bonds is 3. The lowest BCUT2D eigenvalue weighted by Crippen LogP contribution is -2.50. The fourth-order valence-corrected chi connectivity index (χ4v) is 1.85. The van der Waals surface area contributed by atoms with Gasteiger partial charge in [-0.25, -0.2) is 4.79 Å². The van der Waals surface area contributed by atoms with E-state index in [2.05, 4.69) is 15.9 Å². The zero-order chi connectivity index (χ0) is 10.9. The standard InChI is InChI=1S/C11H11BrO3/c12-8-2-4-9(5-3-8)15-11(10(13)14)6-1-7-11/h2-5H,1,6-7H2,(H,13,14). The van der Waals surface area contributed by atoms with Gasteiger partial charge in [-0.05, 0) is 43.5 Å². The number of carboxylic acids is 1. The quantitative estimate of drug-likeness (QED) is 0.919. The molecule has 4 heteroatoms. The number of ether oxygens (including phenoxy) is 1. The average Bonchev–Trinajstić information content (AvgIpc) is 2.13. The van der Waals surface area contributed by atoms with Gasteiger partial charge in [0.2, 0.25) is 5.60 Å². The second-order valence-corrected chi connectivity index (χ2v) is 4.62. The first kappa shape index (κ1) is 10.5. The van der Waals surface area contributed by atoms with Crippen LogP contribution in [0.5, 0.6) is 5.75 Å². The third-order valence-electron chi connectivity index (χ3n) is 2.68. The predicted octanol–water partition coefficient (Wildman–Crippen LogP) is 2.84. The van der Waals surface area contributed by atoms with Crippen molar-refractivity contribution in [1.82, 2.24) is 0 Å². The van der Waals surface area contributed by atoms with E-state index in [0.29, 0.717) is 18.6 Å². The molecule has 0 spiro atoms. The van der Waals surface area contributed by atoms with E-state index >= 15 is 0 Å². The molecule has 1 aliphatic rings. The van der Waals surface area contributed by atoms with Gasteiger partial charge in [-0.15, -0.1) is 0 Å². The molecule has 15 heavy (non-hydrogen) atoms. The van der Waals surface area contributed by atoms with Crippen LogP contribution < -0.4 is 4.74 Å². The summed E-state index contributed by atoms with van der Waals surface area (Å²) in [5.74, 6) is -0.253. The Morgan fingerprint density at radius 3 is 2.33 bits per heavy atom. The lowest BCUT2D eigenvalue weighted by atomic mass is 9.80. The van der Waals surface area contributed by atoms with E-state index in [9.17, 15) is 4.79 Å². The van der Waals surface area contributed by atoms with E-state index in [0.717, 1.165) is 10.9 Å². The number of carbonyl (C=O) groups is 1. The molecule has 3 nitrogen and oxygen atoms in total. The number of hydrogen-bond donors (Lipinski definition) is 1. The Bertz CT molecular complexity index is 368. The van der Waals surface area contributed by atoms with Gasteiger partial charge < -0.3 is 9.84 Å². The highest BCUT2D eigenvalue weighted by atomic mass is 79.9. The normalized spacial score (nSPS) is 17.9. The van der Waals surface area contributed by atoms with E-state index in [1.165, 1.54) is 0 Å². The summed E-state index contributed by atoms with van der Waals surface area (Å²) in [4.78, 5) is 11.0. The summed E-state index contributed by atoms with van der Waals surface area (Å²) in [5, 5.41) is 9.07. The van der Waals surface area contributed by atoms with Crippen LogP contribution >= 0.6 is 15.9 Å². The molecule has 1 aromatic rings. The van der Waals surface area contributed by atoms with Gasteiger partial charge in [0.25, 0.3) is 0 Å². The van der Waals surface area contributed by atoms with Gasteiger partial charge in [0.05, 0.1) is 0 Å². The first-order chi connectivity index (χ1) is 7.12. The number of aliphatic carboxylic acids is 1. The lowest BCUT2D eigenvalue weighted by Gasteiger charge is -2.37. The van der Waals surface area contributed by atoms with Gasteiger partial charge in [0.1, 0.15) is 5.75 Å². The Morgan fingerprint density at radius 1 is 1.33 bits per heavy atom. The van der Waals surface area contributed by atoms with Crippen LogP contribution in [0.25, 0.3) is 0 Å². The molecule has 0 unspecified atom stereocenters. The second-order valence-electron chi connectivity index (χ2n) is 3.71. The van der Waals surface area contributed by atoms with Crippen LogP contribution in [0, 0.1) is 0 Å². The van der Waals surface area contributed by atoms with Crippen LogP contribution in [0.1, 0.15) is 19.3 Å². The molecule has 1 N–H and O–H groups in total. The molecule has 1 aliphatic carbocycles. The lowest BCUT2D eigenvalue weighted by molar-refractivity contribution is -0.163. The van der Waals surface area contributed by atoms with Gasteiger partial charge in [-0.2, -0.15) is 0 Å². The van der Waals surface area contributed by atoms with E-state index in [1.807, 2.05) is 12.1 Å². The van der Waals surface area contributed by atoms with Crippen molar-refractivity contribution < 1.29 is 14.6 Å². The molecular weight excluding hydrogens is 260 g/mol. The molecule has 0 aromatic heterocycles. The summed E-state index contributed by atoms with van der Waals surface area (Å²) in [6.45, 7) is 0. The van der Waals surface area contributed by atoms with Crippen molar-refractivity contribution in [2.75, 3.05) is 0 Å². The van der Waals surface area contributed by atoms with Crippen molar-refractivity contribution >= 4 is 21.9 Å². The molecule has 0 bridgehead atoms. The van der Waals surface area contributed by atoms with Crippen molar-refractivity contribution in [2.45, 2.75) is 24.9 Å². The summed E-state index contributed by atoms with van der Waals surface area (Å²) in [6, 6.07) is 7.22. The average molecular weight is 271 g/mol. The van der Waals surface area contributed by atoms with E-state index in [-0.39, 0.29) is 0 Å². The van der Waals surface area contributed by atoms with Gasteiger partial charge in [-0.1, -0.05) is 15.9 Å². The van der Waals surface area contributed by atoms with E-state index < -0.39 is 11.6 Å². The molecule has 1 fully saturated rings. The molecule has 0 radical (unpaired) electrons. The molecule has 80 valence electrons. The maximum atomic E-state index is 11.0. The number of benzene rings is 1. The van der Waals surface area contributed by atoms with Crippen LogP contribution in [-0.2, 0) is 4.79 Å². The highest BCUT2D eigenvalue weighted by Gasteiger charge is 2.47. The monoisotopic (exact) mass is 270 g/mol. The molecule has 0 heterocycles. The van der Waals surface area contributed by atoms with Crippen LogP contribution in [0.4, 0.5) is 0 Å². The topological polar surface area (TPSA) is 46.5 Å². The molecular formula is C11H11BrO3. The number of carboxylic acid groups (broad SMARTS) is 1. The van der Waals surface area contributed by atoms with Crippen LogP contribution in [0.2, 0.25) is 0 Å². The molecule has 0 saturated heterocycles. The first-order valence-electron chi connectivity index (χ1n) is 4.80. The number of hydrogen-bond acceptors (Lipinski definition) is 2. The SMILES string of the molecule is O=C(O)C1(Oc2ccc(Br)cc2)CCC1. The van der Waals surface area contributed by atoms with Gasteiger partial charge in [-0.3, -0.25) is 0 Å². The Balaban J connectivity index is 2.13. The van der Waals surface area contributed by atoms with Crippen LogP contribution in [-0.4, -0.2) is 16.7 Å². The molecule has 1 aromatic carbocycles. The minimum absolute atomic E-state index is 0.596. The molecule has 1 saturated carbocycles. The highest BCUT2D eigenvalue weighted by Crippen LogP contribution is 2.37. The summed E-state index contributed by atoms with van der Waals surface area (Å²) in [7, 11) is 0. The van der Waals surface area contributed by atoms with Crippen molar-refractivity contribution in [3.05, 3.63) is 28.7 Å². The van der Waals surface area contributed by atoms with Crippen molar-refractivity contribution in [3.63, 3.8) is 0 Å². The third-order valence-corrected chi connectivity index (χ3v) is 3.21. The molecule has 0 atom stereocenters. The first-order valence-corrected chi connectivity index (χ1v) is 5.60. The zero-order valence-electron chi connectivity index (χ0n) is 8.07. The van der Waals surface area contributed by atoms with Crippen LogP contribution in [0.15, 0.2) is 28.7 Å². The summed E-state index contributed by atoms with van der Waals surface area (Å²) in [5.41, 5.74) is -0.978. The van der Waals surface area contributed by atoms with Gasteiger partial charge in [0, 0.05) is 4.47 Å². The largest absolute Gasteiger partial charge is 0.478 e. The molecule has 0 amide bonds. The van der Waals surface area contributed by atoms with Crippen molar-refractivity contribution in [1.29, 1.82) is 0 Å². The van der Waals surface area contributed by atoms with E-state index in [1.54, 1.807) is 12.1 Å². The summed E-state index contributed by atoms with van der Waals surface area (Å²) in [6.07, 6.45) is 2.11. The Morgan fingerprint density at radius 2 is 1.93 bits per heavy atom. The van der Waals surface area contributed by atoms with Crippen molar-refractivity contribution in [2.24, 2.45) is 0 Å². The fourth-order valence-electron chi connectivity index (χ4n) is 1.59. The Labute approximate surface area is 96.2 Å². The van der Waals surface area contributed by atoms with Gasteiger partial charge >= 0.3 is 5.97 Å². The second kappa shape index (κ2) is 3.85. The van der Waals surface area contributed by atoms with Crippen LogP contribution in [0.3, 0.4) is 0 Å². The molecule has 0 aliphatic heterocycles. The molecule has 2 rings (SSSR count). The smallest absolute Gasteiger partial charge is 0.348 e.